The molecule has 0 bridgehead atoms. The van der Waals surface area contributed by atoms with E-state index in [-0.39, 0.29) is 37.6 Å². The maximum absolute atomic E-state index is 12.2. The van der Waals surface area contributed by atoms with Crippen LogP contribution in [0.3, 0.4) is 0 Å². The van der Waals surface area contributed by atoms with Gasteiger partial charge in [0.1, 0.15) is 0 Å². The van der Waals surface area contributed by atoms with E-state index in [1.165, 1.54) is 18.0 Å². The quantitative estimate of drug-likeness (QED) is 0.0924. The molecule has 11 heteroatoms. The van der Waals surface area contributed by atoms with E-state index in [1.807, 2.05) is 42.5 Å². The van der Waals surface area contributed by atoms with Crippen LogP contribution in [0.4, 0.5) is 5.69 Å². The molecule has 2 heterocycles. The summed E-state index contributed by atoms with van der Waals surface area (Å²) in [6, 6.07) is 20.1. The second-order valence-corrected chi connectivity index (χ2v) is 10.1. The van der Waals surface area contributed by atoms with Crippen LogP contribution in [-0.2, 0) is 25.7 Å². The third-order valence-electron chi connectivity index (χ3n) is 6.22. The lowest BCUT2D eigenvalue weighted by atomic mass is 10.0. The number of amides is 2. The highest BCUT2D eigenvalue weighted by atomic mass is 32.2. The van der Waals surface area contributed by atoms with Crippen LogP contribution in [0.25, 0.3) is 0 Å². The van der Waals surface area contributed by atoms with Gasteiger partial charge in [0.15, 0.2) is 12.5 Å². The van der Waals surface area contributed by atoms with Gasteiger partial charge in [0, 0.05) is 48.4 Å². The molecule has 1 aromatic heterocycles. The monoisotopic (exact) mass is 553 g/mol. The fourth-order valence-corrected chi connectivity index (χ4v) is 5.07. The van der Waals surface area contributed by atoms with Crippen molar-refractivity contribution in [3.8, 4) is 0 Å². The average Bonchev–Trinajstić information content (AvgIpc) is 2.97. The van der Waals surface area contributed by atoms with Gasteiger partial charge in [-0.15, -0.1) is 0 Å². The van der Waals surface area contributed by atoms with E-state index in [0.717, 1.165) is 21.4 Å². The summed E-state index contributed by atoms with van der Waals surface area (Å²) in [5.41, 5.74) is 4.70. The number of anilines is 1. The van der Waals surface area contributed by atoms with E-state index in [0.29, 0.717) is 29.3 Å². The molecule has 2 amide bonds. The molecule has 3 aromatic rings. The predicted octanol–water partition coefficient (Wildman–Crippen LogP) is 3.76. The maximum Gasteiger partial charge on any atom is 0.251 e. The zero-order valence-electron chi connectivity index (χ0n) is 21.2. The van der Waals surface area contributed by atoms with E-state index in [2.05, 4.69) is 5.32 Å². The van der Waals surface area contributed by atoms with E-state index < -0.39 is 12.2 Å². The summed E-state index contributed by atoms with van der Waals surface area (Å²) in [5.74, 6) is -0.214. The number of rotatable bonds is 11. The fraction of sp³-hybridized carbons (Fsp3) is 0.321. The number of pyridine rings is 1. The molecule has 1 saturated heterocycles. The van der Waals surface area contributed by atoms with Gasteiger partial charge >= 0.3 is 0 Å². The van der Waals surface area contributed by atoms with Gasteiger partial charge in [-0.25, -0.2) is 5.48 Å². The number of carbonyl (C=O) groups excluding carboxylic acids is 2. The van der Waals surface area contributed by atoms with Crippen molar-refractivity contribution in [3.63, 3.8) is 0 Å². The Labute approximate surface area is 230 Å². The number of nitrogens with zero attached hydrogens (tertiary/aromatic N) is 1. The summed E-state index contributed by atoms with van der Waals surface area (Å²) in [6.07, 6.45) is 1.45. The summed E-state index contributed by atoms with van der Waals surface area (Å²) in [4.78, 5) is 23.3. The van der Waals surface area contributed by atoms with Gasteiger partial charge in [0.25, 0.3) is 5.03 Å². The average molecular weight is 554 g/mol. The summed E-state index contributed by atoms with van der Waals surface area (Å²) in [6.45, 7) is -0.0377. The van der Waals surface area contributed by atoms with Crippen LogP contribution in [0.5, 0.6) is 0 Å². The number of carbonyl (C=O) groups is 2. The van der Waals surface area contributed by atoms with Gasteiger partial charge in [-0.3, -0.25) is 14.8 Å². The molecule has 0 unspecified atom stereocenters. The Hall–Kier alpha value is -3.48. The number of aliphatic hydroxyl groups is 1. The number of thioether (sulfide) groups is 1. The van der Waals surface area contributed by atoms with Crippen molar-refractivity contribution in [1.29, 1.82) is 0 Å². The zero-order valence-corrected chi connectivity index (χ0v) is 22.0. The first-order valence-corrected chi connectivity index (χ1v) is 13.6. The lowest BCUT2D eigenvalue weighted by Crippen LogP contribution is -2.32. The number of hydrogen-bond acceptors (Lipinski definition) is 8. The molecule has 1 aliphatic heterocycles. The first-order valence-electron chi connectivity index (χ1n) is 12.6. The minimum atomic E-state index is -0.663. The van der Waals surface area contributed by atoms with Crippen LogP contribution in [0.15, 0.2) is 78.0 Å². The number of hydroxylamine groups is 1. The molecule has 0 radical (unpaired) electrons. The Balaban J connectivity index is 1.43. The molecule has 39 heavy (non-hydrogen) atoms. The van der Waals surface area contributed by atoms with Crippen molar-refractivity contribution in [2.75, 3.05) is 11.1 Å². The molecule has 2 aromatic carbocycles. The van der Waals surface area contributed by atoms with Crippen LogP contribution in [0, 0.1) is 5.21 Å². The molecule has 10 nitrogen and oxygen atoms in total. The van der Waals surface area contributed by atoms with Gasteiger partial charge in [-0.1, -0.05) is 48.2 Å². The molecule has 206 valence electrons. The minimum Gasteiger partial charge on any atom is -0.618 e. The number of aliphatic hydroxyl groups excluding tert-OH is 1. The van der Waals surface area contributed by atoms with Gasteiger partial charge in [0.05, 0.1) is 18.8 Å². The maximum atomic E-state index is 12.2. The zero-order chi connectivity index (χ0) is 27.6. The lowest BCUT2D eigenvalue weighted by molar-refractivity contribution is -0.645. The standard InChI is InChI=1S/C28H31N3O7S/c32-17-19-7-9-20(10-8-19)24-16-23(18-39-27-6-1-2-15-31(27)36)37-28(38-24)21-11-13-22(14-12-21)29-25(33)4-3-5-26(34)30-35/h1-2,6-15,23-24,28,32,35H,3-5,16-18H2,(H,29,33)(H,30,34)/t23-,24+,28+/m1/s1. The van der Waals surface area contributed by atoms with Gasteiger partial charge in [-0.05, 0) is 35.7 Å². The molecule has 3 atom stereocenters. The predicted molar refractivity (Wildman–Crippen MR) is 143 cm³/mol. The smallest absolute Gasteiger partial charge is 0.251 e. The SMILES string of the molecule is O=C(CCCC(=O)Nc1ccc([C@H]2O[C@@H](CSc3cccc[n+]3[O-])C[C@@H](c3ccc(CO)cc3)O2)cc1)NO. The lowest BCUT2D eigenvalue weighted by Gasteiger charge is -2.36. The molecular formula is C28H31N3O7S. The Morgan fingerprint density at radius 2 is 1.69 bits per heavy atom. The molecule has 1 aliphatic rings. The number of hydrogen-bond donors (Lipinski definition) is 4. The van der Waals surface area contributed by atoms with Gasteiger partial charge in [0.2, 0.25) is 11.8 Å². The van der Waals surface area contributed by atoms with Crippen LogP contribution < -0.4 is 15.5 Å². The van der Waals surface area contributed by atoms with Crippen molar-refractivity contribution in [1.82, 2.24) is 5.48 Å². The number of aromatic nitrogens is 1. The fourth-order valence-electron chi connectivity index (χ4n) is 4.14. The molecule has 4 rings (SSSR count). The van der Waals surface area contributed by atoms with Crippen molar-refractivity contribution in [2.45, 2.75) is 55.8 Å². The summed E-state index contributed by atoms with van der Waals surface area (Å²) >= 11 is 1.42. The molecular weight excluding hydrogens is 522 g/mol. The summed E-state index contributed by atoms with van der Waals surface area (Å²) < 4.78 is 13.5. The van der Waals surface area contributed by atoms with E-state index in [1.54, 1.807) is 29.7 Å². The van der Waals surface area contributed by atoms with E-state index in [4.69, 9.17) is 14.7 Å². The first-order chi connectivity index (χ1) is 18.9. The Bertz CT molecular complexity index is 1240. The Morgan fingerprint density at radius 3 is 2.38 bits per heavy atom. The number of ether oxygens (including phenoxy) is 2. The van der Waals surface area contributed by atoms with Gasteiger partial charge < -0.3 is 25.1 Å². The molecule has 0 saturated carbocycles. The van der Waals surface area contributed by atoms with E-state index in [9.17, 15) is 19.9 Å². The highest BCUT2D eigenvalue weighted by molar-refractivity contribution is 7.99. The van der Waals surface area contributed by atoms with Crippen molar-refractivity contribution in [2.24, 2.45) is 0 Å². The van der Waals surface area contributed by atoms with Crippen LogP contribution in [0.2, 0.25) is 0 Å². The second kappa shape index (κ2) is 14.1. The largest absolute Gasteiger partial charge is 0.618 e. The van der Waals surface area contributed by atoms with Gasteiger partial charge in [-0.2, -0.15) is 4.73 Å². The summed E-state index contributed by atoms with van der Waals surface area (Å²) in [7, 11) is 0. The topological polar surface area (TPSA) is 144 Å². The summed E-state index contributed by atoms with van der Waals surface area (Å²) in [5, 5.41) is 33.4. The minimum absolute atomic E-state index is 0.0377. The normalized spacial score (nSPS) is 18.9. The highest BCUT2D eigenvalue weighted by Gasteiger charge is 2.32. The molecule has 0 spiro atoms. The Kier molecular flexibility index (Phi) is 10.3. The van der Waals surface area contributed by atoms with E-state index >= 15 is 0 Å². The molecule has 0 aliphatic carbocycles. The molecule has 1 fully saturated rings. The second-order valence-electron chi connectivity index (χ2n) is 9.08. The van der Waals surface area contributed by atoms with Crippen molar-refractivity contribution < 1.29 is 34.1 Å². The van der Waals surface area contributed by atoms with Crippen molar-refractivity contribution in [3.05, 3.63) is 94.8 Å². The van der Waals surface area contributed by atoms with Crippen LogP contribution >= 0.6 is 11.8 Å². The Morgan fingerprint density at radius 1 is 0.974 bits per heavy atom. The molecule has 4 N–H and O–H groups in total. The van der Waals surface area contributed by atoms with Crippen LogP contribution in [-0.4, -0.2) is 34.0 Å². The highest BCUT2D eigenvalue weighted by Crippen LogP contribution is 2.39. The number of benzene rings is 2. The number of nitrogens with one attached hydrogen (secondary N) is 2. The first kappa shape index (κ1) is 28.5. The van der Waals surface area contributed by atoms with Crippen LogP contribution in [0.1, 0.15) is 54.8 Å². The van der Waals surface area contributed by atoms with Crippen molar-refractivity contribution >= 4 is 29.3 Å². The third kappa shape index (κ3) is 8.25. The third-order valence-corrected chi connectivity index (χ3v) is 7.37.